The highest BCUT2D eigenvalue weighted by Gasteiger charge is 2.13. The number of carbonyl (C=O) groups is 2. The summed E-state index contributed by atoms with van der Waals surface area (Å²) in [5.74, 6) is -0.0923. The van der Waals surface area contributed by atoms with Gasteiger partial charge in [0.2, 0.25) is 5.78 Å². The number of ketones is 1. The molecule has 6 heteroatoms. The third-order valence-electron chi connectivity index (χ3n) is 3.72. The van der Waals surface area contributed by atoms with Crippen LogP contribution in [0.2, 0.25) is 0 Å². The Morgan fingerprint density at radius 3 is 2.64 bits per heavy atom. The number of thiophene rings is 2. The van der Waals surface area contributed by atoms with E-state index in [0.717, 1.165) is 10.6 Å². The number of anilines is 1. The van der Waals surface area contributed by atoms with Crippen LogP contribution in [0.5, 0.6) is 0 Å². The quantitative estimate of drug-likeness (QED) is 0.666. The van der Waals surface area contributed by atoms with E-state index in [-0.39, 0.29) is 11.7 Å². The zero-order valence-corrected chi connectivity index (χ0v) is 15.6. The first-order chi connectivity index (χ1) is 12.0. The van der Waals surface area contributed by atoms with Crippen LogP contribution < -0.4 is 10.2 Å². The lowest BCUT2D eigenvalue weighted by Crippen LogP contribution is -2.22. The smallest absolute Gasteiger partial charge is 0.251 e. The molecule has 0 aliphatic carbocycles. The van der Waals surface area contributed by atoms with Crippen molar-refractivity contribution < 1.29 is 9.59 Å². The summed E-state index contributed by atoms with van der Waals surface area (Å²) in [6.07, 6.45) is 0. The van der Waals surface area contributed by atoms with Gasteiger partial charge in [-0.1, -0.05) is 6.07 Å². The molecule has 0 unspecified atom stereocenters. The van der Waals surface area contributed by atoms with Crippen LogP contribution in [0.3, 0.4) is 0 Å². The third kappa shape index (κ3) is 4.15. The maximum Gasteiger partial charge on any atom is 0.251 e. The standard InChI is InChI=1S/C19H18N2O2S2/c1-21(2)15-5-3-4-13(10-15)19(23)20-11-16-6-7-17(25-16)18(22)14-8-9-24-12-14/h3-10,12H,11H2,1-2H3,(H,20,23). The molecule has 25 heavy (non-hydrogen) atoms. The summed E-state index contributed by atoms with van der Waals surface area (Å²) in [6.45, 7) is 0.409. The molecule has 0 aliphatic rings. The SMILES string of the molecule is CN(C)c1cccc(C(=O)NCc2ccc(C(=O)c3ccsc3)s2)c1. The first-order valence-electron chi connectivity index (χ1n) is 7.76. The minimum Gasteiger partial charge on any atom is -0.378 e. The van der Waals surface area contributed by atoms with Gasteiger partial charge in [-0.15, -0.1) is 11.3 Å². The topological polar surface area (TPSA) is 49.4 Å². The number of hydrogen-bond donors (Lipinski definition) is 1. The lowest BCUT2D eigenvalue weighted by atomic mass is 10.2. The lowest BCUT2D eigenvalue weighted by molar-refractivity contribution is 0.0950. The number of amides is 1. The minimum absolute atomic E-state index is 0.0301. The second kappa shape index (κ2) is 7.63. The lowest BCUT2D eigenvalue weighted by Gasteiger charge is -2.13. The molecular weight excluding hydrogens is 352 g/mol. The van der Waals surface area contributed by atoms with Gasteiger partial charge in [0.25, 0.3) is 5.91 Å². The predicted octanol–water partition coefficient (Wildman–Crippen LogP) is 4.04. The van der Waals surface area contributed by atoms with Crippen LogP contribution in [0.25, 0.3) is 0 Å². The van der Waals surface area contributed by atoms with Gasteiger partial charge in [-0.3, -0.25) is 9.59 Å². The Labute approximate surface area is 154 Å². The van der Waals surface area contributed by atoms with Gasteiger partial charge in [0, 0.05) is 41.2 Å². The van der Waals surface area contributed by atoms with E-state index in [4.69, 9.17) is 0 Å². The number of rotatable bonds is 6. The van der Waals surface area contributed by atoms with Crippen LogP contribution in [0, 0.1) is 0 Å². The Balaban J connectivity index is 1.63. The van der Waals surface area contributed by atoms with Crippen molar-refractivity contribution in [3.63, 3.8) is 0 Å². The second-order valence-corrected chi connectivity index (χ2v) is 7.68. The molecule has 1 N–H and O–H groups in total. The molecule has 0 spiro atoms. The molecule has 0 saturated carbocycles. The molecule has 0 aliphatic heterocycles. The van der Waals surface area contributed by atoms with E-state index in [1.807, 2.05) is 66.2 Å². The molecule has 0 radical (unpaired) electrons. The van der Waals surface area contributed by atoms with Crippen LogP contribution in [0.4, 0.5) is 5.69 Å². The molecule has 3 rings (SSSR count). The highest BCUT2D eigenvalue weighted by Crippen LogP contribution is 2.21. The Hall–Kier alpha value is -2.44. The van der Waals surface area contributed by atoms with Crippen LogP contribution in [0.1, 0.15) is 30.5 Å². The van der Waals surface area contributed by atoms with Gasteiger partial charge in [0.15, 0.2) is 0 Å². The second-order valence-electron chi connectivity index (χ2n) is 5.73. The highest BCUT2D eigenvalue weighted by atomic mass is 32.1. The maximum atomic E-state index is 12.3. The van der Waals surface area contributed by atoms with Gasteiger partial charge in [0.1, 0.15) is 0 Å². The zero-order valence-electron chi connectivity index (χ0n) is 14.0. The Kier molecular flexibility index (Phi) is 5.31. The van der Waals surface area contributed by atoms with Crippen molar-refractivity contribution in [2.45, 2.75) is 6.54 Å². The van der Waals surface area contributed by atoms with E-state index >= 15 is 0 Å². The fourth-order valence-corrected chi connectivity index (χ4v) is 3.87. The number of carbonyl (C=O) groups excluding carboxylic acids is 2. The molecule has 0 bridgehead atoms. The zero-order chi connectivity index (χ0) is 17.8. The summed E-state index contributed by atoms with van der Waals surface area (Å²) in [5, 5.41) is 6.65. The third-order valence-corrected chi connectivity index (χ3v) is 5.48. The first-order valence-corrected chi connectivity index (χ1v) is 9.52. The molecule has 128 valence electrons. The van der Waals surface area contributed by atoms with Crippen molar-refractivity contribution in [3.8, 4) is 0 Å². The Bertz CT molecular complexity index is 882. The van der Waals surface area contributed by atoms with E-state index in [1.54, 1.807) is 6.07 Å². The highest BCUT2D eigenvalue weighted by molar-refractivity contribution is 7.14. The van der Waals surface area contributed by atoms with E-state index in [0.29, 0.717) is 22.5 Å². The molecule has 3 aromatic rings. The number of hydrogen-bond acceptors (Lipinski definition) is 5. The van der Waals surface area contributed by atoms with Crippen LogP contribution in [-0.2, 0) is 6.54 Å². The minimum atomic E-state index is -0.122. The van der Waals surface area contributed by atoms with Crippen LogP contribution in [0.15, 0.2) is 53.2 Å². The van der Waals surface area contributed by atoms with Gasteiger partial charge in [-0.05, 0) is 41.8 Å². The van der Waals surface area contributed by atoms with Gasteiger partial charge in [-0.2, -0.15) is 11.3 Å². The Morgan fingerprint density at radius 1 is 1.08 bits per heavy atom. The van der Waals surface area contributed by atoms with Crippen molar-refractivity contribution in [1.82, 2.24) is 5.32 Å². The molecule has 1 amide bonds. The average molecular weight is 370 g/mol. The van der Waals surface area contributed by atoms with Crippen LogP contribution >= 0.6 is 22.7 Å². The molecule has 4 nitrogen and oxygen atoms in total. The molecule has 0 saturated heterocycles. The number of benzene rings is 1. The normalized spacial score (nSPS) is 10.5. The maximum absolute atomic E-state index is 12.3. The number of nitrogens with zero attached hydrogens (tertiary/aromatic N) is 1. The molecule has 0 fully saturated rings. The molecular formula is C19H18N2O2S2. The Morgan fingerprint density at radius 2 is 1.92 bits per heavy atom. The van der Waals surface area contributed by atoms with Gasteiger partial charge in [-0.25, -0.2) is 0 Å². The summed E-state index contributed by atoms with van der Waals surface area (Å²) >= 11 is 2.92. The van der Waals surface area contributed by atoms with Crippen molar-refractivity contribution >= 4 is 40.1 Å². The summed E-state index contributed by atoms with van der Waals surface area (Å²) < 4.78 is 0. The largest absolute Gasteiger partial charge is 0.378 e. The first kappa shape index (κ1) is 17.4. The summed E-state index contributed by atoms with van der Waals surface area (Å²) in [5.41, 5.74) is 2.31. The number of nitrogens with one attached hydrogen (secondary N) is 1. The summed E-state index contributed by atoms with van der Waals surface area (Å²) in [6, 6.07) is 13.0. The van der Waals surface area contributed by atoms with E-state index in [9.17, 15) is 9.59 Å². The van der Waals surface area contributed by atoms with E-state index in [1.165, 1.54) is 22.7 Å². The monoisotopic (exact) mass is 370 g/mol. The van der Waals surface area contributed by atoms with E-state index < -0.39 is 0 Å². The molecule has 2 heterocycles. The van der Waals surface area contributed by atoms with Crippen molar-refractivity contribution in [1.29, 1.82) is 0 Å². The summed E-state index contributed by atoms with van der Waals surface area (Å²) in [7, 11) is 3.88. The van der Waals surface area contributed by atoms with Gasteiger partial charge >= 0.3 is 0 Å². The van der Waals surface area contributed by atoms with Crippen molar-refractivity contribution in [3.05, 3.63) is 74.1 Å². The van der Waals surface area contributed by atoms with Gasteiger partial charge in [0.05, 0.1) is 11.4 Å². The summed E-state index contributed by atoms with van der Waals surface area (Å²) in [4.78, 5) is 28.2. The van der Waals surface area contributed by atoms with Crippen molar-refractivity contribution in [2.75, 3.05) is 19.0 Å². The average Bonchev–Trinajstić information content (AvgIpc) is 3.31. The molecule has 2 aromatic heterocycles. The van der Waals surface area contributed by atoms with E-state index in [2.05, 4.69) is 5.32 Å². The predicted molar refractivity (Wildman–Crippen MR) is 104 cm³/mol. The molecule has 1 aromatic carbocycles. The molecule has 0 atom stereocenters. The van der Waals surface area contributed by atoms with Crippen LogP contribution in [-0.4, -0.2) is 25.8 Å². The fraction of sp³-hybridized carbons (Fsp3) is 0.158. The van der Waals surface area contributed by atoms with Crippen molar-refractivity contribution in [2.24, 2.45) is 0 Å². The fourth-order valence-electron chi connectivity index (χ4n) is 2.33. The van der Waals surface area contributed by atoms with Gasteiger partial charge < -0.3 is 10.2 Å².